The van der Waals surface area contributed by atoms with Gasteiger partial charge >= 0.3 is 0 Å². The second-order valence-electron chi connectivity index (χ2n) is 5.77. The van der Waals surface area contributed by atoms with Crippen molar-refractivity contribution in [3.63, 3.8) is 0 Å². The van der Waals surface area contributed by atoms with Crippen molar-refractivity contribution in [2.24, 2.45) is 0 Å². The Bertz CT molecular complexity index is 907. The fourth-order valence-corrected chi connectivity index (χ4v) is 3.81. The number of nitrogens with one attached hydrogen (secondary N) is 1. The Labute approximate surface area is 161 Å². The molecule has 0 aliphatic heterocycles. The number of hydrogen-bond acceptors (Lipinski definition) is 6. The van der Waals surface area contributed by atoms with E-state index in [2.05, 4.69) is 20.7 Å². The topological polar surface area (TPSA) is 64.1 Å². The van der Waals surface area contributed by atoms with E-state index in [4.69, 9.17) is 4.74 Å². The summed E-state index contributed by atoms with van der Waals surface area (Å²) in [7, 11) is 1.63. The minimum absolute atomic E-state index is 0.0526. The predicted molar refractivity (Wildman–Crippen MR) is 107 cm³/mol. The van der Waals surface area contributed by atoms with Crippen LogP contribution in [-0.2, 0) is 4.79 Å². The number of aromatic nitrogens is 2. The quantitative estimate of drug-likeness (QED) is 0.630. The number of nitrogens with zero attached hydrogens (tertiary/aromatic N) is 2. The Kier molecular flexibility index (Phi) is 5.90. The van der Waals surface area contributed by atoms with Crippen LogP contribution in [0.25, 0.3) is 11.4 Å². The Balaban J connectivity index is 1.58. The van der Waals surface area contributed by atoms with Gasteiger partial charge in [0, 0.05) is 11.3 Å². The zero-order chi connectivity index (χ0) is 18.5. The molecule has 3 rings (SSSR count). The molecule has 0 bridgehead atoms. The van der Waals surface area contributed by atoms with Crippen LogP contribution in [0.3, 0.4) is 0 Å². The van der Waals surface area contributed by atoms with Crippen molar-refractivity contribution < 1.29 is 9.53 Å². The van der Waals surface area contributed by atoms with Crippen LogP contribution < -0.4 is 10.1 Å². The average molecular weight is 386 g/mol. The summed E-state index contributed by atoms with van der Waals surface area (Å²) in [6, 6.07) is 13.6. The molecule has 3 aromatic rings. The van der Waals surface area contributed by atoms with E-state index in [9.17, 15) is 4.79 Å². The minimum atomic E-state index is -0.0526. The first-order valence-corrected chi connectivity index (χ1v) is 9.79. The van der Waals surface area contributed by atoms with Gasteiger partial charge in [-0.05, 0) is 61.3 Å². The fraction of sp³-hybridized carbons (Fsp3) is 0.211. The summed E-state index contributed by atoms with van der Waals surface area (Å²) in [5.74, 6) is 1.70. The molecule has 0 saturated carbocycles. The molecule has 0 atom stereocenters. The summed E-state index contributed by atoms with van der Waals surface area (Å²) in [6.45, 7) is 4.02. The number of anilines is 1. The second kappa shape index (κ2) is 8.33. The highest BCUT2D eigenvalue weighted by molar-refractivity contribution is 8.01. The van der Waals surface area contributed by atoms with Crippen molar-refractivity contribution in [2.45, 2.75) is 18.2 Å². The van der Waals surface area contributed by atoms with Gasteiger partial charge in [0.25, 0.3) is 0 Å². The molecule has 0 aliphatic rings. The number of methoxy groups -OCH3 is 1. The molecule has 0 radical (unpaired) electrons. The lowest BCUT2D eigenvalue weighted by Crippen LogP contribution is -2.14. The molecule has 1 heterocycles. The molecule has 1 amide bonds. The number of carbonyl (C=O) groups is 1. The number of benzene rings is 2. The maximum Gasteiger partial charge on any atom is 0.234 e. The van der Waals surface area contributed by atoms with Crippen molar-refractivity contribution in [1.29, 1.82) is 0 Å². The van der Waals surface area contributed by atoms with Gasteiger partial charge in [0.2, 0.25) is 5.91 Å². The molecule has 1 N–H and O–H groups in total. The van der Waals surface area contributed by atoms with Crippen LogP contribution >= 0.6 is 23.3 Å². The molecule has 0 fully saturated rings. The summed E-state index contributed by atoms with van der Waals surface area (Å²) >= 11 is 2.69. The lowest BCUT2D eigenvalue weighted by atomic mass is 10.1. The third kappa shape index (κ3) is 4.62. The van der Waals surface area contributed by atoms with Crippen LogP contribution in [0.4, 0.5) is 5.69 Å². The molecule has 26 heavy (non-hydrogen) atoms. The van der Waals surface area contributed by atoms with Crippen LogP contribution in [-0.4, -0.2) is 28.1 Å². The summed E-state index contributed by atoms with van der Waals surface area (Å²) in [5.41, 5.74) is 4.00. The van der Waals surface area contributed by atoms with Crippen LogP contribution in [0.1, 0.15) is 11.1 Å². The third-order valence-electron chi connectivity index (χ3n) is 3.74. The minimum Gasteiger partial charge on any atom is -0.497 e. The largest absolute Gasteiger partial charge is 0.497 e. The Morgan fingerprint density at radius 3 is 2.65 bits per heavy atom. The molecule has 0 aliphatic carbocycles. The van der Waals surface area contributed by atoms with Gasteiger partial charge in [0.1, 0.15) is 5.75 Å². The van der Waals surface area contributed by atoms with Crippen molar-refractivity contribution in [2.75, 3.05) is 18.2 Å². The Morgan fingerprint density at radius 1 is 1.19 bits per heavy atom. The number of amides is 1. The van der Waals surface area contributed by atoms with E-state index >= 15 is 0 Å². The van der Waals surface area contributed by atoms with Gasteiger partial charge in [-0.15, -0.1) is 0 Å². The van der Waals surface area contributed by atoms with E-state index in [1.165, 1.54) is 28.9 Å². The first-order valence-electron chi connectivity index (χ1n) is 8.03. The van der Waals surface area contributed by atoms with E-state index < -0.39 is 0 Å². The highest BCUT2D eigenvalue weighted by atomic mass is 32.2. The number of thioether (sulfide) groups is 1. The molecular formula is C19H19N3O2S2. The standard InChI is InChI=1S/C19H19N3O2S2/c1-12-4-9-16(13(2)10-12)20-17(23)11-25-19-21-18(22-26-19)14-5-7-15(24-3)8-6-14/h4-10H,11H2,1-3H3,(H,20,23). The molecule has 2 aromatic carbocycles. The van der Waals surface area contributed by atoms with Crippen LogP contribution in [0.15, 0.2) is 46.8 Å². The van der Waals surface area contributed by atoms with Gasteiger partial charge in [-0.25, -0.2) is 4.98 Å². The van der Waals surface area contributed by atoms with Crippen LogP contribution in [0, 0.1) is 13.8 Å². The summed E-state index contributed by atoms with van der Waals surface area (Å²) in [6.07, 6.45) is 0. The SMILES string of the molecule is COc1ccc(-c2nsc(SCC(=O)Nc3ccc(C)cc3C)n2)cc1. The van der Waals surface area contributed by atoms with Crippen molar-refractivity contribution in [1.82, 2.24) is 9.36 Å². The molecule has 0 saturated heterocycles. The highest BCUT2D eigenvalue weighted by Gasteiger charge is 2.11. The lowest BCUT2D eigenvalue weighted by molar-refractivity contribution is -0.113. The zero-order valence-electron chi connectivity index (χ0n) is 14.8. The van der Waals surface area contributed by atoms with E-state index in [0.717, 1.165) is 26.9 Å². The van der Waals surface area contributed by atoms with Gasteiger partial charge in [0.15, 0.2) is 10.2 Å². The number of aryl methyl sites for hydroxylation is 2. The lowest BCUT2D eigenvalue weighted by Gasteiger charge is -2.08. The van der Waals surface area contributed by atoms with Gasteiger partial charge in [-0.1, -0.05) is 29.5 Å². The van der Waals surface area contributed by atoms with E-state index in [-0.39, 0.29) is 5.91 Å². The van der Waals surface area contributed by atoms with Gasteiger partial charge < -0.3 is 10.1 Å². The molecule has 7 heteroatoms. The normalized spacial score (nSPS) is 10.6. The van der Waals surface area contributed by atoms with Crippen molar-refractivity contribution >= 4 is 34.9 Å². The monoisotopic (exact) mass is 385 g/mol. The van der Waals surface area contributed by atoms with Crippen molar-refractivity contribution in [3.8, 4) is 17.1 Å². The van der Waals surface area contributed by atoms with E-state index in [0.29, 0.717) is 11.6 Å². The van der Waals surface area contributed by atoms with Gasteiger partial charge in [-0.2, -0.15) is 4.37 Å². The molecule has 5 nitrogen and oxygen atoms in total. The van der Waals surface area contributed by atoms with Crippen molar-refractivity contribution in [3.05, 3.63) is 53.6 Å². The number of carbonyl (C=O) groups excluding carboxylic acids is 1. The number of ether oxygens (including phenoxy) is 1. The van der Waals surface area contributed by atoms with Gasteiger partial charge in [0.05, 0.1) is 12.9 Å². The van der Waals surface area contributed by atoms with E-state index in [1.807, 2.05) is 50.2 Å². The molecular weight excluding hydrogens is 366 g/mol. The first-order chi connectivity index (χ1) is 12.5. The molecule has 1 aromatic heterocycles. The predicted octanol–water partition coefficient (Wildman–Crippen LogP) is 4.56. The second-order valence-corrected chi connectivity index (χ2v) is 7.74. The maximum atomic E-state index is 12.2. The summed E-state index contributed by atoms with van der Waals surface area (Å²) in [4.78, 5) is 16.7. The fourth-order valence-electron chi connectivity index (χ4n) is 2.39. The summed E-state index contributed by atoms with van der Waals surface area (Å²) in [5, 5.41) is 2.94. The molecule has 0 spiro atoms. The molecule has 0 unspecified atom stereocenters. The smallest absolute Gasteiger partial charge is 0.234 e. The van der Waals surface area contributed by atoms with Gasteiger partial charge in [-0.3, -0.25) is 4.79 Å². The van der Waals surface area contributed by atoms with Crippen LogP contribution in [0.2, 0.25) is 0 Å². The number of rotatable bonds is 6. The first kappa shape index (κ1) is 18.4. The highest BCUT2D eigenvalue weighted by Crippen LogP contribution is 2.26. The van der Waals surface area contributed by atoms with E-state index in [1.54, 1.807) is 7.11 Å². The molecule has 134 valence electrons. The maximum absolute atomic E-state index is 12.2. The Hall–Kier alpha value is -2.38. The van der Waals surface area contributed by atoms with Crippen LogP contribution in [0.5, 0.6) is 5.75 Å². The Morgan fingerprint density at radius 2 is 1.96 bits per heavy atom. The average Bonchev–Trinajstić information content (AvgIpc) is 3.11. The zero-order valence-corrected chi connectivity index (χ0v) is 16.4. The third-order valence-corrected chi connectivity index (χ3v) is 5.57. The number of hydrogen-bond donors (Lipinski definition) is 1. The summed E-state index contributed by atoms with van der Waals surface area (Å²) < 4.78 is 10.3.